The Morgan fingerprint density at radius 2 is 1.97 bits per heavy atom. The van der Waals surface area contributed by atoms with Crippen molar-refractivity contribution in [2.45, 2.75) is 19.9 Å². The quantitative estimate of drug-likeness (QED) is 0.585. The largest absolute Gasteiger partial charge is 0.383 e. The number of hydrogen-bond acceptors (Lipinski definition) is 5. The number of nitrogens with zero attached hydrogens (tertiary/aromatic N) is 2. The Morgan fingerprint density at radius 1 is 1.21 bits per heavy atom. The van der Waals surface area contributed by atoms with Gasteiger partial charge in [-0.15, -0.1) is 11.3 Å². The lowest BCUT2D eigenvalue weighted by Crippen LogP contribution is -2.41. The summed E-state index contributed by atoms with van der Waals surface area (Å²) < 4.78 is 1.27. The molecule has 0 aliphatic carbocycles. The molecule has 29 heavy (non-hydrogen) atoms. The van der Waals surface area contributed by atoms with Crippen LogP contribution in [0, 0.1) is 0 Å². The summed E-state index contributed by atoms with van der Waals surface area (Å²) in [4.78, 5) is 42.3. The smallest absolute Gasteiger partial charge is 0.330 e. The first kappa shape index (κ1) is 20.3. The lowest BCUT2D eigenvalue weighted by Gasteiger charge is -2.23. The molecule has 0 aliphatic heterocycles. The molecular weight excluding hydrogens is 388 g/mol. The van der Waals surface area contributed by atoms with Crippen molar-refractivity contribution in [1.29, 1.82) is 0 Å². The first-order chi connectivity index (χ1) is 14.0. The van der Waals surface area contributed by atoms with Crippen molar-refractivity contribution >= 4 is 34.8 Å². The van der Waals surface area contributed by atoms with Crippen LogP contribution in [0.5, 0.6) is 0 Å². The number of amides is 1. The molecule has 3 rings (SSSR count). The van der Waals surface area contributed by atoms with E-state index in [4.69, 9.17) is 5.73 Å². The van der Waals surface area contributed by atoms with E-state index in [2.05, 4.69) is 4.98 Å². The molecule has 0 atom stereocenters. The van der Waals surface area contributed by atoms with Gasteiger partial charge in [0.2, 0.25) is 0 Å². The Kier molecular flexibility index (Phi) is 6.46. The van der Waals surface area contributed by atoms with E-state index in [1.807, 2.05) is 54.8 Å². The number of anilines is 2. The second-order valence-electron chi connectivity index (χ2n) is 6.40. The minimum atomic E-state index is -0.678. The molecule has 3 aromatic rings. The van der Waals surface area contributed by atoms with Crippen molar-refractivity contribution in [3.05, 3.63) is 85.2 Å². The Balaban J connectivity index is 2.01. The first-order valence-electron chi connectivity index (χ1n) is 9.21. The van der Waals surface area contributed by atoms with E-state index >= 15 is 0 Å². The lowest BCUT2D eigenvalue weighted by molar-refractivity contribution is -0.114. The Labute approximate surface area is 171 Å². The van der Waals surface area contributed by atoms with Gasteiger partial charge in [-0.2, -0.15) is 0 Å². The third-order valence-corrected chi connectivity index (χ3v) is 5.15. The normalized spacial score (nSPS) is 11.1. The fraction of sp³-hybridized carbons (Fsp3) is 0.190. The maximum atomic E-state index is 12.8. The van der Waals surface area contributed by atoms with Gasteiger partial charge < -0.3 is 10.6 Å². The fourth-order valence-corrected chi connectivity index (χ4v) is 3.56. The number of hydrogen-bond donors (Lipinski definition) is 2. The molecule has 150 valence electrons. The van der Waals surface area contributed by atoms with Gasteiger partial charge in [-0.25, -0.2) is 4.79 Å². The highest BCUT2D eigenvalue weighted by Crippen LogP contribution is 2.19. The summed E-state index contributed by atoms with van der Waals surface area (Å²) >= 11 is 1.50. The van der Waals surface area contributed by atoms with Gasteiger partial charge in [0, 0.05) is 17.5 Å². The molecule has 0 unspecified atom stereocenters. The number of nitrogens with two attached hydrogens (primary N) is 1. The topological polar surface area (TPSA) is 101 Å². The zero-order valence-corrected chi connectivity index (χ0v) is 16.8. The van der Waals surface area contributed by atoms with Gasteiger partial charge >= 0.3 is 5.69 Å². The standard InChI is InChI=1S/C21H22N4O3S/c1-2-12-24(17(26)11-10-16-9-6-13-29-16)18-19(22)25(21(28)23-20(18)27)14-15-7-4-3-5-8-15/h3-11,13H,2,12,14,22H2,1H3,(H,23,27,28). The molecule has 0 bridgehead atoms. The van der Waals surface area contributed by atoms with Crippen LogP contribution in [0.25, 0.3) is 6.08 Å². The number of aromatic amines is 1. The van der Waals surface area contributed by atoms with Crippen molar-refractivity contribution in [2.75, 3.05) is 17.2 Å². The summed E-state index contributed by atoms with van der Waals surface area (Å²) in [5.41, 5.74) is 5.77. The summed E-state index contributed by atoms with van der Waals surface area (Å²) in [6.45, 7) is 2.38. The molecule has 3 N–H and O–H groups in total. The number of nitrogens with one attached hydrogen (secondary N) is 1. The zero-order valence-electron chi connectivity index (χ0n) is 16.0. The van der Waals surface area contributed by atoms with E-state index < -0.39 is 11.2 Å². The Bertz CT molecular complexity index is 1120. The third-order valence-electron chi connectivity index (χ3n) is 4.31. The van der Waals surface area contributed by atoms with Gasteiger partial charge in [-0.05, 0) is 29.5 Å². The number of H-pyrrole nitrogens is 1. The van der Waals surface area contributed by atoms with Gasteiger partial charge in [0.05, 0.1) is 6.54 Å². The van der Waals surface area contributed by atoms with Crippen molar-refractivity contribution in [3.8, 4) is 0 Å². The van der Waals surface area contributed by atoms with Crippen molar-refractivity contribution in [1.82, 2.24) is 9.55 Å². The van der Waals surface area contributed by atoms with E-state index in [0.717, 1.165) is 10.4 Å². The fourth-order valence-electron chi connectivity index (χ4n) is 2.95. The molecule has 0 saturated heterocycles. The highest BCUT2D eigenvalue weighted by molar-refractivity contribution is 7.10. The predicted octanol–water partition coefficient (Wildman–Crippen LogP) is 2.69. The summed E-state index contributed by atoms with van der Waals surface area (Å²) in [5.74, 6) is -0.406. The molecule has 0 fully saturated rings. The van der Waals surface area contributed by atoms with Crippen LogP contribution in [-0.4, -0.2) is 22.0 Å². The molecule has 0 saturated carbocycles. The summed E-state index contributed by atoms with van der Waals surface area (Å²) in [5, 5.41) is 1.91. The van der Waals surface area contributed by atoms with Crippen LogP contribution in [-0.2, 0) is 11.3 Å². The molecule has 0 spiro atoms. The van der Waals surface area contributed by atoms with Crippen LogP contribution in [0.3, 0.4) is 0 Å². The Morgan fingerprint density at radius 3 is 2.62 bits per heavy atom. The monoisotopic (exact) mass is 410 g/mol. The summed E-state index contributed by atoms with van der Waals surface area (Å²) in [6.07, 6.45) is 3.72. The van der Waals surface area contributed by atoms with Crippen molar-refractivity contribution < 1.29 is 4.79 Å². The van der Waals surface area contributed by atoms with E-state index in [9.17, 15) is 14.4 Å². The summed E-state index contributed by atoms with van der Waals surface area (Å²) in [6, 6.07) is 13.1. The second kappa shape index (κ2) is 9.20. The van der Waals surface area contributed by atoms with Crippen LogP contribution in [0.15, 0.2) is 63.5 Å². The molecule has 0 aliphatic rings. The van der Waals surface area contributed by atoms with Crippen LogP contribution in [0.2, 0.25) is 0 Å². The molecule has 1 aromatic carbocycles. The van der Waals surface area contributed by atoms with E-state index in [-0.39, 0.29) is 24.0 Å². The number of aromatic nitrogens is 2. The number of thiophene rings is 1. The van der Waals surface area contributed by atoms with Crippen molar-refractivity contribution in [2.24, 2.45) is 0 Å². The zero-order chi connectivity index (χ0) is 20.8. The average molecular weight is 410 g/mol. The number of rotatable bonds is 7. The highest BCUT2D eigenvalue weighted by Gasteiger charge is 2.22. The predicted molar refractivity (Wildman–Crippen MR) is 117 cm³/mol. The van der Waals surface area contributed by atoms with Gasteiger partial charge in [0.25, 0.3) is 11.5 Å². The highest BCUT2D eigenvalue weighted by atomic mass is 32.1. The van der Waals surface area contributed by atoms with Crippen molar-refractivity contribution in [3.63, 3.8) is 0 Å². The second-order valence-corrected chi connectivity index (χ2v) is 7.38. The third kappa shape index (κ3) is 4.72. The number of carbonyl (C=O) groups excluding carboxylic acids is 1. The molecule has 2 heterocycles. The van der Waals surface area contributed by atoms with Crippen LogP contribution in [0.1, 0.15) is 23.8 Å². The molecule has 0 radical (unpaired) electrons. The van der Waals surface area contributed by atoms with E-state index in [1.54, 1.807) is 6.08 Å². The summed E-state index contributed by atoms with van der Waals surface area (Å²) in [7, 11) is 0. The first-order valence-corrected chi connectivity index (χ1v) is 10.1. The molecule has 8 heteroatoms. The number of carbonyl (C=O) groups is 1. The molecule has 2 aromatic heterocycles. The maximum Gasteiger partial charge on any atom is 0.330 e. The number of nitrogen functional groups attached to an aromatic ring is 1. The van der Waals surface area contributed by atoms with Crippen LogP contribution in [0.4, 0.5) is 11.5 Å². The minimum absolute atomic E-state index is 0.0109. The lowest BCUT2D eigenvalue weighted by atomic mass is 10.2. The van der Waals surface area contributed by atoms with Crippen LogP contribution >= 0.6 is 11.3 Å². The van der Waals surface area contributed by atoms with E-state index in [0.29, 0.717) is 13.0 Å². The molecule has 7 nitrogen and oxygen atoms in total. The van der Waals surface area contributed by atoms with Gasteiger partial charge in [0.15, 0.2) is 5.69 Å². The minimum Gasteiger partial charge on any atom is -0.383 e. The van der Waals surface area contributed by atoms with Gasteiger partial charge in [-0.3, -0.25) is 19.1 Å². The Hall–Kier alpha value is -3.39. The van der Waals surface area contributed by atoms with Gasteiger partial charge in [0.1, 0.15) is 5.82 Å². The SMILES string of the molecule is CCCN(C(=O)C=Cc1cccs1)c1c(N)n(Cc2ccccc2)c(=O)[nH]c1=O. The van der Waals surface area contributed by atoms with Gasteiger partial charge in [-0.1, -0.05) is 43.3 Å². The molecular formula is C21H22N4O3S. The molecule has 1 amide bonds. The average Bonchev–Trinajstić information content (AvgIpc) is 3.23. The van der Waals surface area contributed by atoms with E-state index in [1.165, 1.54) is 26.9 Å². The maximum absolute atomic E-state index is 12.8. The number of benzene rings is 1. The van der Waals surface area contributed by atoms with Crippen LogP contribution < -0.4 is 21.9 Å².